The van der Waals surface area contributed by atoms with Crippen molar-refractivity contribution in [3.05, 3.63) is 35.5 Å². The lowest BCUT2D eigenvalue weighted by Gasteiger charge is -2.16. The Labute approximate surface area is 120 Å². The number of benzene rings is 1. The molecule has 0 amide bonds. The Balaban J connectivity index is 2.66. The van der Waals surface area contributed by atoms with Crippen LogP contribution in [0.3, 0.4) is 0 Å². The van der Waals surface area contributed by atoms with Crippen LogP contribution in [0.15, 0.2) is 24.3 Å². The number of H-pyrrole nitrogens is 1. The Morgan fingerprint density at radius 2 is 1.80 bits per heavy atom. The predicted octanol–water partition coefficient (Wildman–Crippen LogP) is 2.72. The van der Waals surface area contributed by atoms with Crippen LogP contribution in [0.2, 0.25) is 19.6 Å². The van der Waals surface area contributed by atoms with Crippen LogP contribution in [0.4, 0.5) is 0 Å². The highest BCUT2D eigenvalue weighted by Gasteiger charge is 2.29. The zero-order chi connectivity index (χ0) is 14.9. The van der Waals surface area contributed by atoms with Gasteiger partial charge in [-0.3, -0.25) is 5.10 Å². The van der Waals surface area contributed by atoms with E-state index in [1.165, 1.54) is 12.7 Å². The minimum atomic E-state index is -1.64. The first-order chi connectivity index (χ1) is 9.34. The Kier molecular flexibility index (Phi) is 3.81. The van der Waals surface area contributed by atoms with E-state index in [-0.39, 0.29) is 0 Å². The molecule has 4 nitrogen and oxygen atoms in total. The van der Waals surface area contributed by atoms with E-state index in [2.05, 4.69) is 29.8 Å². The molecule has 0 fully saturated rings. The molecule has 2 rings (SSSR count). The van der Waals surface area contributed by atoms with Crippen LogP contribution in [-0.2, 0) is 4.74 Å². The number of nitrogens with zero attached hydrogens (tertiary/aromatic N) is 1. The molecule has 0 aliphatic carbocycles. The van der Waals surface area contributed by atoms with E-state index < -0.39 is 14.0 Å². The van der Waals surface area contributed by atoms with Gasteiger partial charge in [-0.2, -0.15) is 5.10 Å². The van der Waals surface area contributed by atoms with Crippen LogP contribution < -0.4 is 5.32 Å². The molecular weight excluding hydrogens is 268 g/mol. The molecule has 106 valence electrons. The number of esters is 1. The Bertz CT molecular complexity index is 624. The number of hydrogen-bond donors (Lipinski definition) is 1. The molecule has 0 atom stereocenters. The van der Waals surface area contributed by atoms with Crippen molar-refractivity contribution in [2.24, 2.45) is 0 Å². The minimum Gasteiger partial charge on any atom is -0.464 e. The summed E-state index contributed by atoms with van der Waals surface area (Å²) in [6, 6.07) is 8.13. The van der Waals surface area contributed by atoms with Crippen LogP contribution in [0.25, 0.3) is 11.1 Å². The summed E-state index contributed by atoms with van der Waals surface area (Å²) in [5, 5.41) is 8.31. The van der Waals surface area contributed by atoms with Crippen molar-refractivity contribution in [1.29, 1.82) is 0 Å². The number of ether oxygens (including phenoxy) is 1. The quantitative estimate of drug-likeness (QED) is 0.698. The predicted molar refractivity (Wildman–Crippen MR) is 83.1 cm³/mol. The first-order valence-electron chi connectivity index (χ1n) is 6.59. The number of aromatic nitrogens is 2. The van der Waals surface area contributed by atoms with Gasteiger partial charge in [0.05, 0.1) is 7.11 Å². The lowest BCUT2D eigenvalue weighted by molar-refractivity contribution is 0.0595. The average Bonchev–Trinajstić information content (AvgIpc) is 2.83. The number of rotatable bonds is 3. The van der Waals surface area contributed by atoms with E-state index >= 15 is 0 Å². The number of aromatic amines is 1. The molecule has 0 aliphatic heterocycles. The highest BCUT2D eigenvalue weighted by molar-refractivity contribution is 6.89. The highest BCUT2D eigenvalue weighted by atomic mass is 28.3. The van der Waals surface area contributed by atoms with Crippen LogP contribution >= 0.6 is 0 Å². The second kappa shape index (κ2) is 5.24. The van der Waals surface area contributed by atoms with E-state index in [9.17, 15) is 4.79 Å². The van der Waals surface area contributed by atoms with Gasteiger partial charge >= 0.3 is 5.97 Å². The second-order valence-corrected chi connectivity index (χ2v) is 10.9. The molecule has 0 spiro atoms. The molecule has 1 N–H and O–H groups in total. The summed E-state index contributed by atoms with van der Waals surface area (Å²) < 4.78 is 4.84. The van der Waals surface area contributed by atoms with Gasteiger partial charge in [-0.05, 0) is 12.5 Å². The molecule has 0 radical (unpaired) electrons. The Hall–Kier alpha value is -1.88. The van der Waals surface area contributed by atoms with E-state index in [1.54, 1.807) is 0 Å². The number of nitrogens with one attached hydrogen (secondary N) is 1. The maximum atomic E-state index is 11.9. The molecule has 0 unspecified atom stereocenters. The maximum Gasteiger partial charge on any atom is 0.359 e. The SMILES string of the molecule is COC(=O)c1n[nH]c([Si](C)(C)C)c1-c1ccc(C)cc1. The van der Waals surface area contributed by atoms with Crippen molar-refractivity contribution in [2.45, 2.75) is 26.6 Å². The number of aryl methyl sites for hydroxylation is 1. The molecule has 2 aromatic rings. The molecule has 1 aromatic carbocycles. The average molecular weight is 288 g/mol. The number of carbonyl (C=O) groups excluding carboxylic acids is 1. The fourth-order valence-corrected chi connectivity index (χ4v) is 3.53. The standard InChI is InChI=1S/C15H20N2O2Si/c1-10-6-8-11(9-7-10)12-13(15(18)19-2)16-17-14(12)20(3,4)5/h6-9H,1-5H3,(H,16,17). The Morgan fingerprint density at radius 3 is 2.30 bits per heavy atom. The van der Waals surface area contributed by atoms with Crippen molar-refractivity contribution < 1.29 is 9.53 Å². The zero-order valence-electron chi connectivity index (χ0n) is 12.6. The fourth-order valence-electron chi connectivity index (χ4n) is 2.13. The summed E-state index contributed by atoms with van der Waals surface area (Å²) in [6.45, 7) is 8.71. The first-order valence-corrected chi connectivity index (χ1v) is 10.1. The smallest absolute Gasteiger partial charge is 0.359 e. The second-order valence-electron chi connectivity index (χ2n) is 5.93. The molecule has 20 heavy (non-hydrogen) atoms. The summed E-state index contributed by atoms with van der Waals surface area (Å²) in [5.41, 5.74) is 3.44. The summed E-state index contributed by atoms with van der Waals surface area (Å²) >= 11 is 0. The first kappa shape index (κ1) is 14.5. The highest BCUT2D eigenvalue weighted by Crippen LogP contribution is 2.24. The van der Waals surface area contributed by atoms with E-state index in [0.29, 0.717) is 5.69 Å². The normalized spacial score (nSPS) is 11.4. The van der Waals surface area contributed by atoms with Gasteiger partial charge in [-0.15, -0.1) is 0 Å². The van der Waals surface area contributed by atoms with Gasteiger partial charge in [0.15, 0.2) is 5.69 Å². The topological polar surface area (TPSA) is 55.0 Å². The number of carbonyl (C=O) groups is 1. The van der Waals surface area contributed by atoms with Crippen molar-refractivity contribution in [2.75, 3.05) is 7.11 Å². The third kappa shape index (κ3) is 2.67. The third-order valence-corrected chi connectivity index (χ3v) is 5.10. The van der Waals surface area contributed by atoms with Crippen LogP contribution in [-0.4, -0.2) is 31.4 Å². The third-order valence-electron chi connectivity index (χ3n) is 3.24. The monoisotopic (exact) mass is 288 g/mol. The van der Waals surface area contributed by atoms with Gasteiger partial charge in [0.25, 0.3) is 0 Å². The molecule has 1 heterocycles. The lowest BCUT2D eigenvalue weighted by Crippen LogP contribution is -2.40. The fraction of sp³-hybridized carbons (Fsp3) is 0.333. The van der Waals surface area contributed by atoms with Crippen LogP contribution in [0, 0.1) is 6.92 Å². The maximum absolute atomic E-state index is 11.9. The van der Waals surface area contributed by atoms with Gasteiger partial charge in [0, 0.05) is 10.9 Å². The molecule has 0 aliphatic rings. The van der Waals surface area contributed by atoms with E-state index in [4.69, 9.17) is 4.74 Å². The van der Waals surface area contributed by atoms with Crippen molar-refractivity contribution in [3.8, 4) is 11.1 Å². The Morgan fingerprint density at radius 1 is 1.20 bits per heavy atom. The van der Waals surface area contributed by atoms with Gasteiger partial charge in [-0.25, -0.2) is 4.79 Å². The van der Waals surface area contributed by atoms with E-state index in [0.717, 1.165) is 16.4 Å². The molecular formula is C15H20N2O2Si. The van der Waals surface area contributed by atoms with Gasteiger partial charge < -0.3 is 4.74 Å². The largest absolute Gasteiger partial charge is 0.464 e. The summed E-state index contributed by atoms with van der Waals surface area (Å²) in [7, 11) is -0.259. The van der Waals surface area contributed by atoms with Gasteiger partial charge in [-0.1, -0.05) is 49.5 Å². The van der Waals surface area contributed by atoms with Crippen LogP contribution in [0.1, 0.15) is 16.1 Å². The molecule has 0 saturated carbocycles. The van der Waals surface area contributed by atoms with E-state index in [1.807, 2.05) is 31.2 Å². The summed E-state index contributed by atoms with van der Waals surface area (Å²) in [6.07, 6.45) is 0. The molecule has 0 bridgehead atoms. The van der Waals surface area contributed by atoms with Gasteiger partial charge in [0.1, 0.15) is 8.07 Å². The van der Waals surface area contributed by atoms with Crippen molar-refractivity contribution >= 4 is 19.4 Å². The summed E-state index contributed by atoms with van der Waals surface area (Å²) in [4.78, 5) is 11.9. The number of hydrogen-bond acceptors (Lipinski definition) is 3. The lowest BCUT2D eigenvalue weighted by atomic mass is 10.0. The van der Waals surface area contributed by atoms with Gasteiger partial charge in [0.2, 0.25) is 0 Å². The van der Waals surface area contributed by atoms with Crippen LogP contribution in [0.5, 0.6) is 0 Å². The van der Waals surface area contributed by atoms with Crippen molar-refractivity contribution in [1.82, 2.24) is 10.2 Å². The minimum absolute atomic E-state index is 0.369. The zero-order valence-corrected chi connectivity index (χ0v) is 13.6. The number of methoxy groups -OCH3 is 1. The molecule has 0 saturated heterocycles. The van der Waals surface area contributed by atoms with Crippen molar-refractivity contribution in [3.63, 3.8) is 0 Å². The molecule has 1 aromatic heterocycles. The summed E-state index contributed by atoms with van der Waals surface area (Å²) in [5.74, 6) is -0.402. The molecule has 5 heteroatoms.